The molecule has 0 radical (unpaired) electrons. The van der Waals surface area contributed by atoms with Crippen LogP contribution in [0, 0.1) is 5.82 Å². The first-order chi connectivity index (χ1) is 20.9. The second kappa shape index (κ2) is 10.1. The Kier molecular flexibility index (Phi) is 6.30. The van der Waals surface area contributed by atoms with Crippen LogP contribution in [0.2, 0.25) is 0 Å². The molecule has 4 aliphatic heterocycles. The average Bonchev–Trinajstić information content (AvgIpc) is 3.48. The van der Waals surface area contributed by atoms with Crippen LogP contribution in [0.15, 0.2) is 36.4 Å². The molecule has 3 saturated heterocycles. The molecule has 224 valence electrons. The summed E-state index contributed by atoms with van der Waals surface area (Å²) >= 11 is 0. The van der Waals surface area contributed by atoms with E-state index in [0.29, 0.717) is 42.9 Å². The summed E-state index contributed by atoms with van der Waals surface area (Å²) in [5, 5.41) is 16.0. The van der Waals surface area contributed by atoms with Crippen LogP contribution in [0.25, 0.3) is 32.9 Å². The van der Waals surface area contributed by atoms with Crippen LogP contribution in [-0.4, -0.2) is 88.1 Å². The highest BCUT2D eigenvalue weighted by molar-refractivity contribution is 6.02. The van der Waals surface area contributed by atoms with Crippen molar-refractivity contribution in [3.63, 3.8) is 0 Å². The second-order valence-corrected chi connectivity index (χ2v) is 12.3. The zero-order valence-electron chi connectivity index (χ0n) is 24.0. The first kappa shape index (κ1) is 26.8. The lowest BCUT2D eigenvalue weighted by Crippen LogP contribution is -2.60. The van der Waals surface area contributed by atoms with Gasteiger partial charge in [-0.1, -0.05) is 31.2 Å². The van der Waals surface area contributed by atoms with Crippen molar-refractivity contribution >= 4 is 27.5 Å². The molecule has 2 aromatic carbocycles. The normalized spacial score (nSPS) is 26.8. The van der Waals surface area contributed by atoms with Crippen molar-refractivity contribution in [3.05, 3.63) is 42.2 Å². The molecule has 0 aliphatic carbocycles. The van der Waals surface area contributed by atoms with E-state index >= 15 is 4.39 Å². The number of ether oxygens (including phenoxy) is 2. The summed E-state index contributed by atoms with van der Waals surface area (Å²) in [6.07, 6.45) is 2.24. The number of nitrogens with zero attached hydrogens (tertiary/aromatic N) is 5. The SMILES string of the molecule is CC[C@@H]1NCCN2c3nc(OC[C@@]45CCCN4C[C@H](F)C5)nc4c(F)c(-c5cc(O)cc6ccccc56)nc(c34)OC[C@H]12. The molecule has 8 rings (SSSR count). The molecule has 9 nitrogen and oxygen atoms in total. The number of benzene rings is 2. The van der Waals surface area contributed by atoms with E-state index in [0.717, 1.165) is 43.1 Å². The standard InChI is InChI=1S/C32H34F2N6O3/c1-2-23-24-16-42-30-25-28(26(34)27(36-30)22-13-20(41)12-18-6-3-4-7-21(18)22)37-31(38-29(25)40(24)11-9-35-23)43-17-32-8-5-10-39(32)15-19(33)14-32/h3-4,6-7,12-13,19,23-24,35,41H,2,5,8-11,14-17H2,1H3/t19-,23+,24-,32+/m1/s1. The van der Waals surface area contributed by atoms with Crippen molar-refractivity contribution in [2.75, 3.05) is 44.3 Å². The number of nitrogens with one attached hydrogen (secondary N) is 1. The monoisotopic (exact) mass is 588 g/mol. The van der Waals surface area contributed by atoms with E-state index in [4.69, 9.17) is 19.4 Å². The van der Waals surface area contributed by atoms with Crippen molar-refractivity contribution in [2.45, 2.75) is 56.4 Å². The summed E-state index contributed by atoms with van der Waals surface area (Å²) in [6, 6.07) is 10.8. The van der Waals surface area contributed by atoms with Gasteiger partial charge in [0.1, 0.15) is 47.5 Å². The van der Waals surface area contributed by atoms with E-state index in [-0.39, 0.29) is 47.5 Å². The van der Waals surface area contributed by atoms with Gasteiger partial charge in [-0.2, -0.15) is 9.97 Å². The predicted molar refractivity (Wildman–Crippen MR) is 159 cm³/mol. The van der Waals surface area contributed by atoms with E-state index < -0.39 is 17.5 Å². The highest BCUT2D eigenvalue weighted by Gasteiger charge is 2.49. The number of aromatic hydroxyl groups is 1. The Morgan fingerprint density at radius 2 is 2.07 bits per heavy atom. The van der Waals surface area contributed by atoms with Gasteiger partial charge in [0.15, 0.2) is 5.82 Å². The van der Waals surface area contributed by atoms with Gasteiger partial charge in [-0.05, 0) is 48.7 Å². The number of rotatable bonds is 5. The number of aromatic nitrogens is 3. The van der Waals surface area contributed by atoms with Crippen LogP contribution in [-0.2, 0) is 0 Å². The quantitative estimate of drug-likeness (QED) is 0.347. The van der Waals surface area contributed by atoms with Gasteiger partial charge >= 0.3 is 6.01 Å². The van der Waals surface area contributed by atoms with Crippen LogP contribution in [0.4, 0.5) is 14.6 Å². The summed E-state index contributed by atoms with van der Waals surface area (Å²) in [6.45, 7) is 5.34. The molecule has 2 N–H and O–H groups in total. The Labute approximate surface area is 247 Å². The van der Waals surface area contributed by atoms with Crippen molar-refractivity contribution in [1.29, 1.82) is 0 Å². The van der Waals surface area contributed by atoms with Gasteiger partial charge in [-0.25, -0.2) is 13.8 Å². The zero-order valence-corrected chi connectivity index (χ0v) is 24.0. The topological polar surface area (TPSA) is 95.9 Å². The number of alkyl halides is 1. The molecule has 0 amide bonds. The van der Waals surface area contributed by atoms with Crippen LogP contribution in [0.1, 0.15) is 32.6 Å². The molecular formula is C32H34F2N6O3. The second-order valence-electron chi connectivity index (χ2n) is 12.3. The van der Waals surface area contributed by atoms with Gasteiger partial charge in [-0.3, -0.25) is 4.90 Å². The molecule has 0 bridgehead atoms. The molecule has 4 atom stereocenters. The summed E-state index contributed by atoms with van der Waals surface area (Å²) < 4.78 is 43.9. The minimum absolute atomic E-state index is 0.00581. The van der Waals surface area contributed by atoms with E-state index in [1.54, 1.807) is 6.07 Å². The Bertz CT molecular complexity index is 1740. The number of halogens is 2. The van der Waals surface area contributed by atoms with Gasteiger partial charge in [0, 0.05) is 37.7 Å². The molecule has 11 heteroatoms. The number of piperazine rings is 1. The van der Waals surface area contributed by atoms with Crippen LogP contribution in [0.5, 0.6) is 17.6 Å². The Balaban J connectivity index is 1.30. The third kappa shape index (κ3) is 4.27. The Morgan fingerprint density at radius 1 is 1.19 bits per heavy atom. The molecular weight excluding hydrogens is 554 g/mol. The molecule has 0 spiro atoms. The largest absolute Gasteiger partial charge is 0.508 e. The maximum atomic E-state index is 16.8. The Morgan fingerprint density at radius 3 is 2.95 bits per heavy atom. The fourth-order valence-corrected chi connectivity index (χ4v) is 7.74. The van der Waals surface area contributed by atoms with Crippen LogP contribution < -0.4 is 19.7 Å². The van der Waals surface area contributed by atoms with Gasteiger partial charge in [0.2, 0.25) is 5.88 Å². The number of anilines is 1. The zero-order chi connectivity index (χ0) is 29.3. The van der Waals surface area contributed by atoms with E-state index in [1.807, 2.05) is 24.3 Å². The highest BCUT2D eigenvalue weighted by Crippen LogP contribution is 2.44. The molecule has 43 heavy (non-hydrogen) atoms. The minimum atomic E-state index is -0.887. The van der Waals surface area contributed by atoms with Gasteiger partial charge in [-0.15, -0.1) is 0 Å². The summed E-state index contributed by atoms with van der Waals surface area (Å²) in [4.78, 5) is 18.6. The maximum absolute atomic E-state index is 16.8. The number of pyridine rings is 1. The van der Waals surface area contributed by atoms with E-state index in [2.05, 4.69) is 27.0 Å². The molecule has 6 heterocycles. The highest BCUT2D eigenvalue weighted by atomic mass is 19.1. The molecule has 4 aliphatic rings. The molecule has 4 aromatic rings. The molecule has 2 aromatic heterocycles. The first-order valence-corrected chi connectivity index (χ1v) is 15.2. The van der Waals surface area contributed by atoms with Crippen molar-refractivity contribution < 1.29 is 23.4 Å². The third-order valence-corrected chi connectivity index (χ3v) is 9.77. The predicted octanol–water partition coefficient (Wildman–Crippen LogP) is 4.59. The lowest BCUT2D eigenvalue weighted by Gasteiger charge is -2.41. The summed E-state index contributed by atoms with van der Waals surface area (Å²) in [5.41, 5.74) is 0.128. The van der Waals surface area contributed by atoms with Gasteiger partial charge in [0.05, 0.1) is 11.6 Å². The fraction of sp³-hybridized carbons (Fsp3) is 0.469. The maximum Gasteiger partial charge on any atom is 0.319 e. The number of phenols is 1. The summed E-state index contributed by atoms with van der Waals surface area (Å²) in [7, 11) is 0. The van der Waals surface area contributed by atoms with E-state index in [1.165, 1.54) is 6.07 Å². The third-order valence-electron chi connectivity index (χ3n) is 9.77. The van der Waals surface area contributed by atoms with Crippen LogP contribution in [0.3, 0.4) is 0 Å². The lowest BCUT2D eigenvalue weighted by molar-refractivity contribution is 0.107. The summed E-state index contributed by atoms with van der Waals surface area (Å²) in [5.74, 6) is 0.150. The van der Waals surface area contributed by atoms with Crippen molar-refractivity contribution in [1.82, 2.24) is 25.2 Å². The first-order valence-electron chi connectivity index (χ1n) is 15.2. The molecule has 3 fully saturated rings. The van der Waals surface area contributed by atoms with Crippen molar-refractivity contribution in [2.24, 2.45) is 0 Å². The van der Waals surface area contributed by atoms with Crippen molar-refractivity contribution in [3.8, 4) is 28.9 Å². The Hall–Kier alpha value is -3.83. The number of fused-ring (bicyclic) bond motifs is 4. The minimum Gasteiger partial charge on any atom is -0.508 e. The van der Waals surface area contributed by atoms with E-state index in [9.17, 15) is 9.50 Å². The average molecular weight is 589 g/mol. The van der Waals surface area contributed by atoms with Gasteiger partial charge < -0.3 is 24.8 Å². The number of hydrogen-bond acceptors (Lipinski definition) is 9. The fourth-order valence-electron chi connectivity index (χ4n) is 7.74. The van der Waals surface area contributed by atoms with Crippen LogP contribution >= 0.6 is 0 Å². The molecule has 0 saturated carbocycles. The van der Waals surface area contributed by atoms with Gasteiger partial charge in [0.25, 0.3) is 0 Å². The number of phenolic OH excluding ortho intramolecular Hbond substituents is 1. The smallest absolute Gasteiger partial charge is 0.319 e. The molecule has 0 unspecified atom stereocenters. The number of hydrogen-bond donors (Lipinski definition) is 2. The lowest BCUT2D eigenvalue weighted by atomic mass is 9.95.